The van der Waals surface area contributed by atoms with E-state index in [0.29, 0.717) is 11.7 Å². The van der Waals surface area contributed by atoms with E-state index in [0.717, 1.165) is 121 Å². The first-order valence-corrected chi connectivity index (χ1v) is 32.3. The fraction of sp³-hybridized carbons (Fsp3) is 0.122. The first kappa shape index (κ1) is 54.5. The minimum atomic E-state index is -0.0635. The number of rotatable bonds is 10. The first-order chi connectivity index (χ1) is 43.7. The van der Waals surface area contributed by atoms with Gasteiger partial charge in [-0.25, -0.2) is 0 Å². The summed E-state index contributed by atoms with van der Waals surface area (Å²) in [5, 5.41) is 4.66. The van der Waals surface area contributed by atoms with Gasteiger partial charge in [0.1, 0.15) is 0 Å². The van der Waals surface area contributed by atoms with Crippen LogP contribution in [0.25, 0.3) is 122 Å². The number of hydrogen-bond donors (Lipinski definition) is 0. The van der Waals surface area contributed by atoms with Gasteiger partial charge in [-0.05, 0) is 41.4 Å². The number of nitrogens with zero attached hydrogens (tertiary/aromatic N) is 5. The number of benzene rings is 11. The van der Waals surface area contributed by atoms with Gasteiger partial charge in [-0.3, -0.25) is 0 Å². The molecule has 1 aliphatic carbocycles. The van der Waals surface area contributed by atoms with Gasteiger partial charge in [0, 0.05) is 6.20 Å². The Labute approximate surface area is 529 Å². The van der Waals surface area contributed by atoms with Crippen molar-refractivity contribution in [1.82, 2.24) is 23.1 Å². The molecule has 0 saturated heterocycles. The predicted molar refractivity (Wildman–Crippen MR) is 366 cm³/mol. The molecule has 4 heterocycles. The summed E-state index contributed by atoms with van der Waals surface area (Å²) in [5.74, 6) is 2.92. The summed E-state index contributed by atoms with van der Waals surface area (Å²) in [6, 6.07) is 97.7. The molecule has 89 heavy (non-hydrogen) atoms. The van der Waals surface area contributed by atoms with Crippen molar-refractivity contribution in [1.29, 1.82) is 0 Å². The zero-order valence-electron chi connectivity index (χ0n) is 50.1. The van der Waals surface area contributed by atoms with Gasteiger partial charge < -0.3 is 0 Å². The van der Waals surface area contributed by atoms with Crippen molar-refractivity contribution in [2.45, 2.75) is 64.2 Å². The Bertz CT molecular complexity index is 5200. The van der Waals surface area contributed by atoms with E-state index in [4.69, 9.17) is 9.72 Å². The van der Waals surface area contributed by atoms with Gasteiger partial charge in [-0.2, -0.15) is 0 Å². The molecule has 15 aromatic rings. The molecule has 1 saturated carbocycles. The van der Waals surface area contributed by atoms with E-state index in [1.807, 2.05) is 6.20 Å². The van der Waals surface area contributed by atoms with Crippen LogP contribution in [-0.4, -0.2) is 23.1 Å². The summed E-state index contributed by atoms with van der Waals surface area (Å²) in [4.78, 5) is 5.11. The molecule has 0 radical (unpaired) electrons. The van der Waals surface area contributed by atoms with Crippen molar-refractivity contribution in [3.05, 3.63) is 288 Å². The number of pyridine rings is 1. The van der Waals surface area contributed by atoms with Crippen molar-refractivity contribution in [2.24, 2.45) is 0 Å². The van der Waals surface area contributed by atoms with Crippen LogP contribution in [0.2, 0.25) is 0 Å². The second kappa shape index (κ2) is 22.4. The minimum absolute atomic E-state index is 0.0635. The summed E-state index contributed by atoms with van der Waals surface area (Å²) in [5.41, 5.74) is 21.2. The molecule has 7 heteroatoms. The van der Waals surface area contributed by atoms with E-state index in [9.17, 15) is 0 Å². The first-order valence-electron chi connectivity index (χ1n) is 31.2. The summed E-state index contributed by atoms with van der Waals surface area (Å²) in [7, 11) is 0. The van der Waals surface area contributed by atoms with E-state index in [1.165, 1.54) is 54.0 Å². The Morgan fingerprint density at radius 3 is 1.49 bits per heavy atom. The van der Waals surface area contributed by atoms with Crippen LogP contribution in [-0.2, 0) is 24.8 Å². The van der Waals surface area contributed by atoms with Crippen molar-refractivity contribution in [3.63, 3.8) is 0 Å². The molecule has 16 rings (SSSR count). The molecule has 0 unspecified atom stereocenters. The Balaban J connectivity index is 1.01. The van der Waals surface area contributed by atoms with Gasteiger partial charge >= 0.3 is 439 Å². The van der Waals surface area contributed by atoms with Gasteiger partial charge in [0.25, 0.3) is 0 Å². The Morgan fingerprint density at radius 1 is 0.393 bits per heavy atom. The van der Waals surface area contributed by atoms with Crippen LogP contribution in [0.15, 0.2) is 273 Å². The molecule has 1 fully saturated rings. The second-order valence-corrected chi connectivity index (χ2v) is 25.9. The van der Waals surface area contributed by atoms with E-state index >= 15 is 0 Å². The molecule has 0 bridgehead atoms. The fourth-order valence-corrected chi connectivity index (χ4v) is 15.3. The molecule has 4 aromatic heterocycles. The van der Waals surface area contributed by atoms with Crippen LogP contribution in [0, 0.1) is 3.80 Å². The Hall–Kier alpha value is -9.87. The fourth-order valence-electron chi connectivity index (χ4n) is 14.2. The molecule has 11 aromatic carbocycles. The number of aromatic nitrogens is 5. The van der Waals surface area contributed by atoms with E-state index in [-0.39, 0.29) is 5.41 Å². The van der Waals surface area contributed by atoms with Crippen LogP contribution in [0.5, 0.6) is 11.5 Å². The number of fused-ring (bicyclic) bond motifs is 7. The van der Waals surface area contributed by atoms with Crippen molar-refractivity contribution in [2.75, 3.05) is 0 Å². The van der Waals surface area contributed by atoms with Crippen LogP contribution < -0.4 is 4.74 Å². The molecule has 0 atom stereocenters. The van der Waals surface area contributed by atoms with Gasteiger partial charge in [0.15, 0.2) is 0 Å². The molecular weight excluding hydrogens is 1270 g/mol. The van der Waals surface area contributed by atoms with Crippen LogP contribution in [0.1, 0.15) is 69.9 Å². The summed E-state index contributed by atoms with van der Waals surface area (Å²) >= 11 is 2.62. The SMILES string of the molecule is CC(C)(C)c1ccnc(-n2c3ccc(C4CCCCC4)cc3c3ccc(Oc4ccc5c(c4)n4[c](=[Pt])n(-c6c(-c7ccccc7)cccc6-c6ccccc6)c6cccc(c7ccccc7n5-c5c(-c7ccccc7)cccc5-c5ccccc5)c64)cc32)c1. The van der Waals surface area contributed by atoms with Crippen molar-refractivity contribution < 1.29 is 24.1 Å². The third kappa shape index (κ3) is 9.52. The zero-order valence-corrected chi connectivity index (χ0v) is 52.3. The topological polar surface area (TPSA) is 41.3 Å². The Morgan fingerprint density at radius 2 is 0.888 bits per heavy atom. The molecule has 0 spiro atoms. The van der Waals surface area contributed by atoms with E-state index in [2.05, 4.69) is 325 Å². The standard InChI is InChI=1S/C82H65N5O.Pt/c1-82(2,3)61-48-49-83-78(51-61)86-73-46-42-60(55-24-9-4-10-25-55)50-71(73)69-45-43-62(52-76(69)86)88-63-44-47-74-77(53-63)85-54-84(79-64(56-26-11-5-12-27-56)35-21-36-65(79)57-28-13-6-14-29-57)75-41-23-39-70(81(75)85)68-34-19-20-40-72(68)87(74)80-66(58-30-15-7-16-31-58)37-22-38-67(80)59-32-17-8-18-33-59;/h5-8,11-23,26-53,55H,4,9-10,24-25H2,1-3H3;. The molecule has 434 valence electrons. The van der Waals surface area contributed by atoms with Gasteiger partial charge in [-0.15, -0.1) is 0 Å². The van der Waals surface area contributed by atoms with Crippen LogP contribution >= 0.6 is 0 Å². The summed E-state index contributed by atoms with van der Waals surface area (Å²) < 4.78 is 18.3. The summed E-state index contributed by atoms with van der Waals surface area (Å²) in [6.45, 7) is 6.82. The van der Waals surface area contributed by atoms with Crippen molar-refractivity contribution in [3.8, 4) is 73.2 Å². The monoisotopic (exact) mass is 1330 g/mol. The maximum absolute atomic E-state index is 7.40. The van der Waals surface area contributed by atoms with Crippen molar-refractivity contribution >= 4 is 60.2 Å². The number of para-hydroxylation sites is 4. The molecule has 6 nitrogen and oxygen atoms in total. The Kier molecular flexibility index (Phi) is 13.7. The van der Waals surface area contributed by atoms with E-state index < -0.39 is 0 Å². The van der Waals surface area contributed by atoms with Gasteiger partial charge in [-0.1, -0.05) is 46.1 Å². The molecule has 0 N–H and O–H groups in total. The predicted octanol–water partition coefficient (Wildman–Crippen LogP) is 21.9. The second-order valence-electron chi connectivity index (χ2n) is 24.8. The number of ether oxygens (including phenoxy) is 1. The van der Waals surface area contributed by atoms with E-state index in [1.54, 1.807) is 0 Å². The third-order valence-electron chi connectivity index (χ3n) is 18.5. The number of imidazole rings is 1. The quantitative estimate of drug-likeness (QED) is 0.137. The zero-order chi connectivity index (χ0) is 59.7. The average Bonchev–Trinajstić information content (AvgIpc) is 1.64. The van der Waals surface area contributed by atoms with Gasteiger partial charge in [0.05, 0.1) is 0 Å². The molecule has 0 amide bonds. The molecule has 0 aliphatic heterocycles. The van der Waals surface area contributed by atoms with Crippen LogP contribution in [0.3, 0.4) is 0 Å². The normalized spacial score (nSPS) is 13.1. The molecule has 1 aliphatic rings. The number of hydrogen-bond acceptors (Lipinski definition) is 2. The van der Waals surface area contributed by atoms with Gasteiger partial charge in [0.2, 0.25) is 0 Å². The summed E-state index contributed by atoms with van der Waals surface area (Å²) in [6.07, 6.45) is 8.35. The average molecular weight is 1330 g/mol. The molecular formula is C82H65N5OPt. The van der Waals surface area contributed by atoms with Crippen LogP contribution in [0.4, 0.5) is 0 Å². The third-order valence-corrected chi connectivity index (χ3v) is 19.5. The maximum atomic E-state index is 7.40.